The second-order valence-electron chi connectivity index (χ2n) is 8.52. The first-order chi connectivity index (χ1) is 13.6. The Morgan fingerprint density at radius 3 is 2.07 bits per heavy atom. The number of rotatable bonds is 16. The highest BCUT2D eigenvalue weighted by molar-refractivity contribution is 5.70. The highest BCUT2D eigenvalue weighted by Gasteiger charge is 2.32. The van der Waals surface area contributed by atoms with E-state index in [2.05, 4.69) is 32.1 Å². The smallest absolute Gasteiger partial charge is 0.306 e. The van der Waals surface area contributed by atoms with E-state index < -0.39 is 5.60 Å². The summed E-state index contributed by atoms with van der Waals surface area (Å²) in [7, 11) is 0. The molecule has 0 heterocycles. The number of unbranched alkanes of at least 4 members (excludes halogenated alkanes) is 11. The van der Waals surface area contributed by atoms with E-state index >= 15 is 0 Å². The van der Waals surface area contributed by atoms with Crippen LogP contribution in [0.25, 0.3) is 0 Å². The molecule has 1 aliphatic rings. The standard InChI is InChI=1S/C26H44O2/c1-4-5-6-7-8-9-10-11-12-13-14-15-16-17-18-22-25(27)28-26(3)23-20-19-21-24(26)2/h11-12,19-21,23-24H,4-10,13-18,22H2,1-3H3/b12-11-. The molecule has 2 unspecified atom stereocenters. The van der Waals surface area contributed by atoms with Crippen molar-refractivity contribution in [1.82, 2.24) is 0 Å². The number of hydrogen-bond acceptors (Lipinski definition) is 2. The average Bonchev–Trinajstić information content (AvgIpc) is 2.67. The van der Waals surface area contributed by atoms with Gasteiger partial charge < -0.3 is 4.74 Å². The van der Waals surface area contributed by atoms with E-state index in [0.717, 1.165) is 12.8 Å². The molecule has 2 heteroatoms. The van der Waals surface area contributed by atoms with Gasteiger partial charge in [-0.3, -0.25) is 4.79 Å². The van der Waals surface area contributed by atoms with Crippen LogP contribution < -0.4 is 0 Å². The molecule has 0 amide bonds. The first-order valence-corrected chi connectivity index (χ1v) is 11.8. The zero-order chi connectivity index (χ0) is 20.5. The first-order valence-electron chi connectivity index (χ1n) is 11.8. The van der Waals surface area contributed by atoms with E-state index in [4.69, 9.17) is 4.74 Å². The molecule has 0 aliphatic heterocycles. The normalized spacial score (nSPS) is 21.5. The molecule has 0 saturated carbocycles. The summed E-state index contributed by atoms with van der Waals surface area (Å²) in [5, 5.41) is 0. The molecule has 2 atom stereocenters. The fraction of sp³-hybridized carbons (Fsp3) is 0.731. The van der Waals surface area contributed by atoms with Gasteiger partial charge in [0.2, 0.25) is 0 Å². The summed E-state index contributed by atoms with van der Waals surface area (Å²) in [6.07, 6.45) is 29.9. The van der Waals surface area contributed by atoms with Gasteiger partial charge in [-0.15, -0.1) is 0 Å². The Bertz CT molecular complexity index is 489. The predicted molar refractivity (Wildman–Crippen MR) is 121 cm³/mol. The van der Waals surface area contributed by atoms with Crippen LogP contribution in [0.5, 0.6) is 0 Å². The summed E-state index contributed by atoms with van der Waals surface area (Å²) in [5.74, 6) is 0.169. The fourth-order valence-corrected chi connectivity index (χ4v) is 3.58. The molecular weight excluding hydrogens is 344 g/mol. The monoisotopic (exact) mass is 388 g/mol. The lowest BCUT2D eigenvalue weighted by atomic mass is 9.87. The molecule has 0 spiro atoms. The van der Waals surface area contributed by atoms with Crippen molar-refractivity contribution in [3.05, 3.63) is 36.5 Å². The van der Waals surface area contributed by atoms with Gasteiger partial charge in [-0.2, -0.15) is 0 Å². The highest BCUT2D eigenvalue weighted by atomic mass is 16.6. The Balaban J connectivity index is 1.91. The van der Waals surface area contributed by atoms with Gasteiger partial charge in [0, 0.05) is 12.3 Å². The first kappa shape index (κ1) is 24.7. The van der Waals surface area contributed by atoms with Gasteiger partial charge in [-0.25, -0.2) is 0 Å². The third kappa shape index (κ3) is 11.5. The molecule has 0 aromatic heterocycles. The van der Waals surface area contributed by atoms with Gasteiger partial charge in [-0.1, -0.05) is 95.6 Å². The van der Waals surface area contributed by atoms with Crippen molar-refractivity contribution in [2.45, 2.75) is 116 Å². The maximum Gasteiger partial charge on any atom is 0.306 e. The van der Waals surface area contributed by atoms with E-state index in [1.54, 1.807) is 0 Å². The van der Waals surface area contributed by atoms with Crippen LogP contribution in [0.4, 0.5) is 0 Å². The van der Waals surface area contributed by atoms with Crippen LogP contribution >= 0.6 is 0 Å². The molecule has 0 N–H and O–H groups in total. The molecule has 0 aromatic carbocycles. The lowest BCUT2D eigenvalue weighted by molar-refractivity contribution is -0.156. The second-order valence-corrected chi connectivity index (χ2v) is 8.52. The number of allylic oxidation sites excluding steroid dienone is 4. The number of carbonyl (C=O) groups is 1. The molecule has 28 heavy (non-hydrogen) atoms. The van der Waals surface area contributed by atoms with Crippen molar-refractivity contribution in [2.24, 2.45) is 5.92 Å². The predicted octanol–water partition coefficient (Wildman–Crippen LogP) is 8.09. The summed E-state index contributed by atoms with van der Waals surface area (Å²) >= 11 is 0. The van der Waals surface area contributed by atoms with E-state index in [0.29, 0.717) is 6.42 Å². The quantitative estimate of drug-likeness (QED) is 0.152. The molecule has 1 aliphatic carbocycles. The summed E-state index contributed by atoms with van der Waals surface area (Å²) in [6.45, 7) is 6.36. The Morgan fingerprint density at radius 2 is 1.46 bits per heavy atom. The van der Waals surface area contributed by atoms with E-state index in [-0.39, 0.29) is 11.9 Å². The molecular formula is C26H44O2. The lowest BCUT2D eigenvalue weighted by Crippen LogP contribution is -2.36. The Kier molecular flexibility index (Phi) is 13.8. The second kappa shape index (κ2) is 15.6. The van der Waals surface area contributed by atoms with Crippen LogP contribution in [0.15, 0.2) is 36.5 Å². The summed E-state index contributed by atoms with van der Waals surface area (Å²) in [5.41, 5.74) is -0.478. The van der Waals surface area contributed by atoms with Gasteiger partial charge in [0.15, 0.2) is 0 Å². The van der Waals surface area contributed by atoms with Gasteiger partial charge in [0.25, 0.3) is 0 Å². The topological polar surface area (TPSA) is 26.3 Å². The van der Waals surface area contributed by atoms with Gasteiger partial charge in [0.1, 0.15) is 5.60 Å². The Morgan fingerprint density at radius 1 is 0.893 bits per heavy atom. The van der Waals surface area contributed by atoms with Crippen molar-refractivity contribution in [3.8, 4) is 0 Å². The molecule has 2 nitrogen and oxygen atoms in total. The zero-order valence-electron chi connectivity index (χ0n) is 18.8. The van der Waals surface area contributed by atoms with Gasteiger partial charge in [-0.05, 0) is 45.1 Å². The SMILES string of the molecule is CCCCCCCC/C=C\CCCCCCCC(=O)OC1(C)C=CC=CC1C. The van der Waals surface area contributed by atoms with Crippen LogP contribution in [-0.2, 0) is 9.53 Å². The Labute approximate surface area is 174 Å². The van der Waals surface area contributed by atoms with Gasteiger partial charge >= 0.3 is 5.97 Å². The van der Waals surface area contributed by atoms with E-state index in [9.17, 15) is 4.79 Å². The highest BCUT2D eigenvalue weighted by Crippen LogP contribution is 2.28. The number of esters is 1. The Hall–Kier alpha value is -1.31. The largest absolute Gasteiger partial charge is 0.454 e. The van der Waals surface area contributed by atoms with E-state index in [1.807, 2.05) is 25.2 Å². The van der Waals surface area contributed by atoms with Gasteiger partial charge in [0.05, 0.1) is 0 Å². The summed E-state index contributed by atoms with van der Waals surface area (Å²) < 4.78 is 5.72. The molecule has 0 fully saturated rings. The number of carbonyl (C=O) groups excluding carboxylic acids is 1. The van der Waals surface area contributed by atoms with Crippen LogP contribution in [0.1, 0.15) is 111 Å². The maximum atomic E-state index is 12.1. The van der Waals surface area contributed by atoms with Crippen LogP contribution in [0.3, 0.4) is 0 Å². The average molecular weight is 389 g/mol. The summed E-state index contributed by atoms with van der Waals surface area (Å²) in [4.78, 5) is 12.1. The third-order valence-corrected chi connectivity index (χ3v) is 5.82. The maximum absolute atomic E-state index is 12.1. The van der Waals surface area contributed by atoms with Crippen LogP contribution in [0.2, 0.25) is 0 Å². The molecule has 0 bridgehead atoms. The van der Waals surface area contributed by atoms with Crippen molar-refractivity contribution in [3.63, 3.8) is 0 Å². The molecule has 160 valence electrons. The van der Waals surface area contributed by atoms with Crippen LogP contribution in [0, 0.1) is 5.92 Å². The minimum atomic E-state index is -0.478. The molecule has 0 saturated heterocycles. The third-order valence-electron chi connectivity index (χ3n) is 5.82. The van der Waals surface area contributed by atoms with E-state index in [1.165, 1.54) is 70.6 Å². The molecule has 0 aromatic rings. The van der Waals surface area contributed by atoms with Crippen molar-refractivity contribution in [1.29, 1.82) is 0 Å². The minimum absolute atomic E-state index is 0.0630. The summed E-state index contributed by atoms with van der Waals surface area (Å²) in [6, 6.07) is 0. The number of hydrogen-bond donors (Lipinski definition) is 0. The van der Waals surface area contributed by atoms with Crippen LogP contribution in [-0.4, -0.2) is 11.6 Å². The lowest BCUT2D eigenvalue weighted by Gasteiger charge is -2.32. The molecule has 1 rings (SSSR count). The van der Waals surface area contributed by atoms with Crippen molar-refractivity contribution < 1.29 is 9.53 Å². The minimum Gasteiger partial charge on any atom is -0.454 e. The van der Waals surface area contributed by atoms with Crippen molar-refractivity contribution in [2.75, 3.05) is 0 Å². The van der Waals surface area contributed by atoms with Crippen molar-refractivity contribution >= 4 is 5.97 Å². The molecule has 0 radical (unpaired) electrons. The number of ether oxygens (including phenoxy) is 1. The fourth-order valence-electron chi connectivity index (χ4n) is 3.58. The zero-order valence-corrected chi connectivity index (χ0v) is 18.8.